The second kappa shape index (κ2) is 6.37. The highest BCUT2D eigenvalue weighted by Gasteiger charge is 2.28. The summed E-state index contributed by atoms with van der Waals surface area (Å²) < 4.78 is 0. The minimum absolute atomic E-state index is 0.0666. The summed E-state index contributed by atoms with van der Waals surface area (Å²) in [4.78, 5) is 10.6. The van der Waals surface area contributed by atoms with E-state index in [0.717, 1.165) is 12.8 Å². The molecule has 0 aliphatic rings. The van der Waals surface area contributed by atoms with Crippen molar-refractivity contribution in [2.75, 3.05) is 13.1 Å². The Morgan fingerprint density at radius 1 is 1.35 bits per heavy atom. The number of aryl methyl sites for hydroxylation is 1. The Bertz CT molecular complexity index is 349. The predicted molar refractivity (Wildman–Crippen MR) is 65.9 cm³/mol. The molecule has 17 heavy (non-hydrogen) atoms. The molecule has 0 amide bonds. The normalized spacial score (nSPS) is 14.2. The molecule has 1 aromatic carbocycles. The molecule has 1 unspecified atom stereocenters. The quantitative estimate of drug-likeness (QED) is 0.620. The number of benzene rings is 1. The molecule has 0 aliphatic heterocycles. The van der Waals surface area contributed by atoms with Crippen molar-refractivity contribution in [2.24, 2.45) is 0 Å². The number of carboxylic acid groups (broad SMARTS) is 1. The van der Waals surface area contributed by atoms with Crippen molar-refractivity contribution in [1.29, 1.82) is 0 Å². The Morgan fingerprint density at radius 2 is 2.00 bits per heavy atom. The third-order valence-corrected chi connectivity index (χ3v) is 2.59. The summed E-state index contributed by atoms with van der Waals surface area (Å²) >= 11 is 0. The fourth-order valence-corrected chi connectivity index (χ4v) is 1.47. The summed E-state index contributed by atoms with van der Waals surface area (Å²) in [5.41, 5.74) is -0.425. The van der Waals surface area contributed by atoms with Crippen molar-refractivity contribution in [3.05, 3.63) is 35.9 Å². The Balaban J connectivity index is 2.15. The molecule has 1 atom stereocenters. The van der Waals surface area contributed by atoms with Gasteiger partial charge in [-0.2, -0.15) is 0 Å². The first-order valence-electron chi connectivity index (χ1n) is 5.73. The number of hydrogen-bond donors (Lipinski definition) is 3. The van der Waals surface area contributed by atoms with E-state index in [9.17, 15) is 9.90 Å². The van der Waals surface area contributed by atoms with E-state index in [1.165, 1.54) is 12.5 Å². The molecule has 1 rings (SSSR count). The number of hydrogen-bond acceptors (Lipinski definition) is 3. The molecule has 1 aromatic rings. The van der Waals surface area contributed by atoms with Gasteiger partial charge in [0, 0.05) is 6.54 Å². The van der Waals surface area contributed by atoms with Crippen LogP contribution in [0.25, 0.3) is 0 Å². The average molecular weight is 237 g/mol. The lowest BCUT2D eigenvalue weighted by Crippen LogP contribution is -2.45. The van der Waals surface area contributed by atoms with Gasteiger partial charge in [-0.1, -0.05) is 30.3 Å². The minimum Gasteiger partial charge on any atom is -0.479 e. The molecule has 0 fully saturated rings. The Morgan fingerprint density at radius 3 is 2.59 bits per heavy atom. The van der Waals surface area contributed by atoms with Gasteiger partial charge < -0.3 is 15.5 Å². The van der Waals surface area contributed by atoms with E-state index in [1.54, 1.807) is 0 Å². The molecule has 0 saturated carbocycles. The van der Waals surface area contributed by atoms with Gasteiger partial charge in [-0.3, -0.25) is 0 Å². The molecule has 0 bridgehead atoms. The Labute approximate surface area is 101 Å². The second-order valence-corrected chi connectivity index (χ2v) is 4.34. The van der Waals surface area contributed by atoms with E-state index in [4.69, 9.17) is 5.11 Å². The Kier molecular flexibility index (Phi) is 5.12. The molecule has 0 heterocycles. The van der Waals surface area contributed by atoms with Crippen molar-refractivity contribution >= 4 is 5.97 Å². The second-order valence-electron chi connectivity index (χ2n) is 4.34. The van der Waals surface area contributed by atoms with Crippen molar-refractivity contribution in [1.82, 2.24) is 5.32 Å². The first-order valence-corrected chi connectivity index (χ1v) is 5.73. The highest BCUT2D eigenvalue weighted by atomic mass is 16.4. The SMILES string of the molecule is CC(O)(CNCCCc1ccccc1)C(=O)O. The molecule has 0 aromatic heterocycles. The zero-order valence-electron chi connectivity index (χ0n) is 10.0. The highest BCUT2D eigenvalue weighted by Crippen LogP contribution is 2.03. The third kappa shape index (κ3) is 4.97. The maximum absolute atomic E-state index is 10.6. The number of carbonyl (C=O) groups is 1. The molecular weight excluding hydrogens is 218 g/mol. The van der Waals surface area contributed by atoms with E-state index < -0.39 is 11.6 Å². The first-order chi connectivity index (χ1) is 8.02. The van der Waals surface area contributed by atoms with Gasteiger partial charge in [-0.05, 0) is 31.9 Å². The van der Waals surface area contributed by atoms with Gasteiger partial charge in [0.2, 0.25) is 0 Å². The van der Waals surface area contributed by atoms with Gasteiger partial charge in [0.15, 0.2) is 5.60 Å². The molecule has 3 N–H and O–H groups in total. The van der Waals surface area contributed by atoms with E-state index in [2.05, 4.69) is 17.4 Å². The summed E-state index contributed by atoms with van der Waals surface area (Å²) in [5, 5.41) is 21.1. The number of rotatable bonds is 7. The number of nitrogens with one attached hydrogen (secondary N) is 1. The van der Waals surface area contributed by atoms with E-state index >= 15 is 0 Å². The van der Waals surface area contributed by atoms with Crippen LogP contribution in [0.2, 0.25) is 0 Å². The number of aliphatic hydroxyl groups is 1. The van der Waals surface area contributed by atoms with Crippen LogP contribution in [0, 0.1) is 0 Å². The Hall–Kier alpha value is -1.39. The molecular formula is C13H19NO3. The van der Waals surface area contributed by atoms with Crippen molar-refractivity contribution in [3.8, 4) is 0 Å². The zero-order chi connectivity index (χ0) is 12.7. The van der Waals surface area contributed by atoms with Crippen LogP contribution in [0.3, 0.4) is 0 Å². The lowest BCUT2D eigenvalue weighted by molar-refractivity contribution is -0.156. The van der Waals surface area contributed by atoms with Crippen LogP contribution >= 0.6 is 0 Å². The summed E-state index contributed by atoms with van der Waals surface area (Å²) in [6.07, 6.45) is 1.86. The molecule has 4 heteroatoms. The molecule has 0 radical (unpaired) electrons. The topological polar surface area (TPSA) is 69.6 Å². The molecule has 94 valence electrons. The van der Waals surface area contributed by atoms with Gasteiger partial charge in [0.05, 0.1) is 0 Å². The fraction of sp³-hybridized carbons (Fsp3) is 0.462. The van der Waals surface area contributed by atoms with Gasteiger partial charge in [-0.15, -0.1) is 0 Å². The van der Waals surface area contributed by atoms with Crippen LogP contribution in [0.4, 0.5) is 0 Å². The summed E-state index contributed by atoms with van der Waals surface area (Å²) in [6.45, 7) is 2.05. The number of aliphatic carboxylic acids is 1. The van der Waals surface area contributed by atoms with Crippen LogP contribution in [0.1, 0.15) is 18.9 Å². The largest absolute Gasteiger partial charge is 0.479 e. The van der Waals surface area contributed by atoms with Crippen LogP contribution in [0.15, 0.2) is 30.3 Å². The van der Waals surface area contributed by atoms with Gasteiger partial charge >= 0.3 is 5.97 Å². The van der Waals surface area contributed by atoms with Crippen LogP contribution in [-0.4, -0.2) is 34.9 Å². The summed E-state index contributed by atoms with van der Waals surface area (Å²) in [6, 6.07) is 10.1. The lowest BCUT2D eigenvalue weighted by atomic mass is 10.1. The van der Waals surface area contributed by atoms with E-state index in [-0.39, 0.29) is 6.54 Å². The summed E-state index contributed by atoms with van der Waals surface area (Å²) in [5.74, 6) is -1.20. The van der Waals surface area contributed by atoms with Crippen LogP contribution in [0.5, 0.6) is 0 Å². The smallest absolute Gasteiger partial charge is 0.336 e. The maximum Gasteiger partial charge on any atom is 0.336 e. The number of carboxylic acids is 1. The average Bonchev–Trinajstić information content (AvgIpc) is 2.29. The van der Waals surface area contributed by atoms with Crippen molar-refractivity contribution < 1.29 is 15.0 Å². The lowest BCUT2D eigenvalue weighted by Gasteiger charge is -2.18. The van der Waals surface area contributed by atoms with Crippen molar-refractivity contribution in [2.45, 2.75) is 25.4 Å². The first kappa shape index (κ1) is 13.7. The fourth-order valence-electron chi connectivity index (χ4n) is 1.47. The zero-order valence-corrected chi connectivity index (χ0v) is 10.0. The predicted octanol–water partition coefficient (Wildman–Crippen LogP) is 1.04. The van der Waals surface area contributed by atoms with E-state index in [0.29, 0.717) is 6.54 Å². The summed E-state index contributed by atoms with van der Waals surface area (Å²) in [7, 11) is 0. The molecule has 0 spiro atoms. The highest BCUT2D eigenvalue weighted by molar-refractivity contribution is 5.76. The van der Waals surface area contributed by atoms with Crippen molar-refractivity contribution in [3.63, 3.8) is 0 Å². The third-order valence-electron chi connectivity index (χ3n) is 2.59. The van der Waals surface area contributed by atoms with Crippen LogP contribution < -0.4 is 5.32 Å². The van der Waals surface area contributed by atoms with Gasteiger partial charge in [-0.25, -0.2) is 4.79 Å². The van der Waals surface area contributed by atoms with Crippen LogP contribution in [-0.2, 0) is 11.2 Å². The molecule has 4 nitrogen and oxygen atoms in total. The standard InChI is InChI=1S/C13H19NO3/c1-13(17,12(15)16)10-14-9-5-8-11-6-3-2-4-7-11/h2-4,6-7,14,17H,5,8-10H2,1H3,(H,15,16). The maximum atomic E-state index is 10.6. The van der Waals surface area contributed by atoms with Gasteiger partial charge in [0.1, 0.15) is 0 Å². The molecule has 0 aliphatic carbocycles. The molecule has 0 saturated heterocycles. The monoisotopic (exact) mass is 237 g/mol. The minimum atomic E-state index is -1.69. The van der Waals surface area contributed by atoms with E-state index in [1.807, 2.05) is 18.2 Å². The van der Waals surface area contributed by atoms with Gasteiger partial charge in [0.25, 0.3) is 0 Å².